The van der Waals surface area contributed by atoms with Crippen LogP contribution in [0.25, 0.3) is 0 Å². The van der Waals surface area contributed by atoms with Crippen molar-refractivity contribution < 1.29 is 13.7 Å². The van der Waals surface area contributed by atoms with Crippen LogP contribution >= 0.6 is 0 Å². The van der Waals surface area contributed by atoms with Crippen molar-refractivity contribution in [2.24, 2.45) is 5.73 Å². The molecule has 0 aliphatic heterocycles. The van der Waals surface area contributed by atoms with E-state index in [0.717, 1.165) is 0 Å². The molecule has 21 heavy (non-hydrogen) atoms. The van der Waals surface area contributed by atoms with Crippen molar-refractivity contribution in [2.75, 3.05) is 6.54 Å². The van der Waals surface area contributed by atoms with E-state index in [1.807, 2.05) is 0 Å². The van der Waals surface area contributed by atoms with Crippen molar-refractivity contribution in [1.82, 2.24) is 15.5 Å². The van der Waals surface area contributed by atoms with Crippen LogP contribution in [0.3, 0.4) is 0 Å². The molecule has 0 unspecified atom stereocenters. The van der Waals surface area contributed by atoms with Crippen molar-refractivity contribution in [1.29, 1.82) is 0 Å². The highest BCUT2D eigenvalue weighted by atomic mass is 19.1. The van der Waals surface area contributed by atoms with Crippen LogP contribution < -0.4 is 11.1 Å². The summed E-state index contributed by atoms with van der Waals surface area (Å²) in [7, 11) is 0. The highest BCUT2D eigenvalue weighted by Crippen LogP contribution is 2.10. The van der Waals surface area contributed by atoms with E-state index < -0.39 is 11.7 Å². The van der Waals surface area contributed by atoms with Crippen LogP contribution in [0.1, 0.15) is 27.6 Å². The molecule has 0 bridgehead atoms. The Bertz CT molecular complexity index is 715. The molecule has 2 rings (SSSR count). The predicted octanol–water partition coefficient (Wildman–Crippen LogP) is 0.757. The summed E-state index contributed by atoms with van der Waals surface area (Å²) in [6, 6.07) is 4.04. The highest BCUT2D eigenvalue weighted by molar-refractivity contribution is 5.94. The van der Waals surface area contributed by atoms with Crippen LogP contribution in [-0.2, 0) is 6.54 Å². The van der Waals surface area contributed by atoms with E-state index in [0.29, 0.717) is 11.4 Å². The molecule has 0 aliphatic carbocycles. The number of halogens is 1. The van der Waals surface area contributed by atoms with Gasteiger partial charge in [0.25, 0.3) is 5.91 Å². The molecule has 108 valence electrons. The molecule has 3 N–H and O–H groups in total. The summed E-state index contributed by atoms with van der Waals surface area (Å²) in [6.45, 7) is 1.88. The first kappa shape index (κ1) is 14.7. The van der Waals surface area contributed by atoms with E-state index in [9.17, 15) is 9.18 Å². The number of nitrogens with two attached hydrogens (primary N) is 1. The van der Waals surface area contributed by atoms with Crippen molar-refractivity contribution in [3.63, 3.8) is 0 Å². The van der Waals surface area contributed by atoms with Gasteiger partial charge in [0, 0.05) is 5.56 Å². The van der Waals surface area contributed by atoms with E-state index in [2.05, 4.69) is 27.3 Å². The number of benzene rings is 1. The molecule has 7 heteroatoms. The number of aryl methyl sites for hydroxylation is 1. The maximum absolute atomic E-state index is 13.7. The number of aromatic nitrogens is 2. The Morgan fingerprint density at radius 2 is 2.33 bits per heavy atom. The topological polar surface area (TPSA) is 94.0 Å². The largest absolute Gasteiger partial charge is 0.343 e. The normalized spacial score (nSPS) is 9.86. The summed E-state index contributed by atoms with van der Waals surface area (Å²) in [4.78, 5) is 15.9. The third-order valence-electron chi connectivity index (χ3n) is 2.52. The average molecular weight is 288 g/mol. The summed E-state index contributed by atoms with van der Waals surface area (Å²) in [5, 5.41) is 6.10. The second kappa shape index (κ2) is 6.63. The Morgan fingerprint density at radius 1 is 1.52 bits per heavy atom. The van der Waals surface area contributed by atoms with E-state index >= 15 is 0 Å². The minimum absolute atomic E-state index is 0.0256. The molecule has 1 aromatic carbocycles. The monoisotopic (exact) mass is 288 g/mol. The van der Waals surface area contributed by atoms with Crippen molar-refractivity contribution in [3.05, 3.63) is 46.9 Å². The number of nitrogens with zero attached hydrogens (tertiary/aromatic N) is 2. The van der Waals surface area contributed by atoms with E-state index in [1.165, 1.54) is 18.2 Å². The number of carbonyl (C=O) groups is 1. The lowest BCUT2D eigenvalue weighted by molar-refractivity contribution is 0.0942. The lowest BCUT2D eigenvalue weighted by Crippen LogP contribution is -2.24. The Balaban J connectivity index is 2.10. The van der Waals surface area contributed by atoms with Gasteiger partial charge in [0.2, 0.25) is 5.89 Å². The Morgan fingerprint density at radius 3 is 3.00 bits per heavy atom. The minimum atomic E-state index is -0.632. The smallest absolute Gasteiger partial charge is 0.254 e. The van der Waals surface area contributed by atoms with Crippen molar-refractivity contribution >= 4 is 5.91 Å². The SMILES string of the molecule is Cc1noc(CNC(=O)c2cc(C#CCN)ccc2F)n1. The summed E-state index contributed by atoms with van der Waals surface area (Å²) in [5.41, 5.74) is 5.68. The summed E-state index contributed by atoms with van der Waals surface area (Å²) in [5.74, 6) is 4.88. The summed E-state index contributed by atoms with van der Waals surface area (Å²) < 4.78 is 18.5. The molecule has 0 aliphatic rings. The number of hydrogen-bond acceptors (Lipinski definition) is 5. The first-order chi connectivity index (χ1) is 10.1. The molecule has 1 amide bonds. The van der Waals surface area contributed by atoms with Crippen molar-refractivity contribution in [3.8, 4) is 11.8 Å². The van der Waals surface area contributed by atoms with E-state index in [4.69, 9.17) is 10.3 Å². The quantitative estimate of drug-likeness (QED) is 0.813. The molecule has 6 nitrogen and oxygen atoms in total. The predicted molar refractivity (Wildman–Crippen MR) is 72.5 cm³/mol. The molecule has 0 saturated carbocycles. The van der Waals surface area contributed by atoms with E-state index in [1.54, 1.807) is 6.92 Å². The van der Waals surface area contributed by atoms with Gasteiger partial charge in [-0.15, -0.1) is 0 Å². The molecule has 2 aromatic rings. The zero-order chi connectivity index (χ0) is 15.2. The second-order valence-corrected chi connectivity index (χ2v) is 4.12. The fraction of sp³-hybridized carbons (Fsp3) is 0.214. The molecule has 0 spiro atoms. The van der Waals surface area contributed by atoms with Crippen LogP contribution in [0.2, 0.25) is 0 Å². The van der Waals surface area contributed by atoms with E-state index in [-0.39, 0.29) is 24.5 Å². The third-order valence-corrected chi connectivity index (χ3v) is 2.52. The standard InChI is InChI=1S/C14H13FN4O2/c1-9-18-13(21-19-9)8-17-14(20)11-7-10(3-2-6-16)4-5-12(11)15/h4-5,7H,6,8,16H2,1H3,(H,17,20). The fourth-order valence-corrected chi connectivity index (χ4v) is 1.59. The molecule has 1 aromatic heterocycles. The number of hydrogen-bond donors (Lipinski definition) is 2. The maximum Gasteiger partial charge on any atom is 0.254 e. The van der Waals surface area contributed by atoms with Gasteiger partial charge in [-0.05, 0) is 25.1 Å². The number of carbonyl (C=O) groups excluding carboxylic acids is 1. The average Bonchev–Trinajstić information content (AvgIpc) is 2.89. The van der Waals surface area contributed by atoms with Gasteiger partial charge in [0.05, 0.1) is 18.7 Å². The van der Waals surface area contributed by atoms with Gasteiger partial charge in [0.15, 0.2) is 5.82 Å². The summed E-state index contributed by atoms with van der Waals surface area (Å²) >= 11 is 0. The van der Waals surface area contributed by atoms with Gasteiger partial charge in [-0.25, -0.2) is 4.39 Å². The van der Waals surface area contributed by atoms with Gasteiger partial charge in [-0.3, -0.25) is 4.79 Å². The Kier molecular flexibility index (Phi) is 4.64. The maximum atomic E-state index is 13.7. The summed E-state index contributed by atoms with van der Waals surface area (Å²) in [6.07, 6.45) is 0. The first-order valence-corrected chi connectivity index (χ1v) is 6.16. The van der Waals surface area contributed by atoms with Crippen LogP contribution in [0.5, 0.6) is 0 Å². The van der Waals surface area contributed by atoms with Crippen LogP contribution in [0.4, 0.5) is 4.39 Å². The molecule has 1 heterocycles. The third kappa shape index (κ3) is 3.87. The van der Waals surface area contributed by atoms with Crippen LogP contribution in [0, 0.1) is 24.6 Å². The lowest BCUT2D eigenvalue weighted by Gasteiger charge is -2.04. The molecular weight excluding hydrogens is 275 g/mol. The van der Waals surface area contributed by atoms with Gasteiger partial charge >= 0.3 is 0 Å². The van der Waals surface area contributed by atoms with Gasteiger partial charge in [-0.2, -0.15) is 4.98 Å². The van der Waals surface area contributed by atoms with Crippen LogP contribution in [-0.4, -0.2) is 22.6 Å². The second-order valence-electron chi connectivity index (χ2n) is 4.12. The van der Waals surface area contributed by atoms with Gasteiger partial charge in [0.1, 0.15) is 5.82 Å². The molecule has 0 fully saturated rings. The molecular formula is C14H13FN4O2. The number of nitrogens with one attached hydrogen (secondary N) is 1. The fourth-order valence-electron chi connectivity index (χ4n) is 1.59. The van der Waals surface area contributed by atoms with Crippen LogP contribution in [0.15, 0.2) is 22.7 Å². The Labute approximate surface area is 120 Å². The lowest BCUT2D eigenvalue weighted by atomic mass is 10.1. The minimum Gasteiger partial charge on any atom is -0.343 e. The Hall–Kier alpha value is -2.72. The molecule has 0 radical (unpaired) electrons. The zero-order valence-corrected chi connectivity index (χ0v) is 11.3. The number of rotatable bonds is 3. The molecule has 0 atom stereocenters. The van der Waals surface area contributed by atoms with Crippen molar-refractivity contribution in [2.45, 2.75) is 13.5 Å². The first-order valence-electron chi connectivity index (χ1n) is 6.16. The zero-order valence-electron chi connectivity index (χ0n) is 11.3. The van der Waals surface area contributed by atoms with Gasteiger partial charge < -0.3 is 15.6 Å². The molecule has 0 saturated heterocycles. The van der Waals surface area contributed by atoms with Gasteiger partial charge in [-0.1, -0.05) is 17.0 Å². The highest BCUT2D eigenvalue weighted by Gasteiger charge is 2.13. The number of amides is 1.